The van der Waals surface area contributed by atoms with E-state index in [0.29, 0.717) is 19.1 Å². The number of ether oxygens (including phenoxy) is 2. The fourth-order valence-corrected chi connectivity index (χ4v) is 2.42. The second-order valence-corrected chi connectivity index (χ2v) is 5.55. The number of amides is 1. The van der Waals surface area contributed by atoms with Gasteiger partial charge in [-0.15, -0.1) is 0 Å². The third kappa shape index (κ3) is 5.49. The molecule has 1 aliphatic rings. The van der Waals surface area contributed by atoms with E-state index >= 15 is 0 Å². The van der Waals surface area contributed by atoms with Crippen LogP contribution in [0, 0.1) is 17.8 Å². The maximum Gasteiger partial charge on any atom is 0.407 e. The van der Waals surface area contributed by atoms with Gasteiger partial charge in [0.25, 0.3) is 0 Å². The van der Waals surface area contributed by atoms with Crippen LogP contribution in [0.5, 0.6) is 0 Å². The molecule has 5 nitrogen and oxygen atoms in total. The average molecular weight is 271 g/mol. The highest BCUT2D eigenvalue weighted by molar-refractivity contribution is 5.73. The van der Waals surface area contributed by atoms with Gasteiger partial charge in [0.1, 0.15) is 0 Å². The lowest BCUT2D eigenvalue weighted by molar-refractivity contribution is -0.148. The predicted molar refractivity (Wildman–Crippen MR) is 71.7 cm³/mol. The summed E-state index contributed by atoms with van der Waals surface area (Å²) in [7, 11) is 1.42. The molecule has 1 rings (SSSR count). The average Bonchev–Trinajstić information content (AvgIpc) is 2.42. The molecule has 1 N–H and O–H groups in total. The van der Waals surface area contributed by atoms with Crippen LogP contribution in [0.2, 0.25) is 0 Å². The zero-order valence-corrected chi connectivity index (χ0v) is 12.1. The Kier molecular flexibility index (Phi) is 6.67. The Hall–Kier alpha value is -1.26. The number of hydrogen-bond acceptors (Lipinski definition) is 4. The number of carbonyl (C=O) groups excluding carboxylic acids is 2. The number of methoxy groups -OCH3 is 1. The summed E-state index contributed by atoms with van der Waals surface area (Å²) in [6.07, 6.45) is 3.54. The number of rotatable bonds is 5. The lowest BCUT2D eigenvalue weighted by atomic mass is 9.79. The Bertz CT molecular complexity index is 304. The molecule has 1 amide bonds. The minimum Gasteiger partial charge on any atom is -0.469 e. The first kappa shape index (κ1) is 15.8. The second-order valence-electron chi connectivity index (χ2n) is 5.55. The van der Waals surface area contributed by atoms with Gasteiger partial charge in [-0.2, -0.15) is 0 Å². The quantitative estimate of drug-likeness (QED) is 0.780. The van der Waals surface area contributed by atoms with Crippen molar-refractivity contribution in [3.05, 3.63) is 0 Å². The van der Waals surface area contributed by atoms with Gasteiger partial charge in [0.15, 0.2) is 0 Å². The summed E-state index contributed by atoms with van der Waals surface area (Å²) in [6, 6.07) is 0. The molecule has 0 saturated heterocycles. The first-order valence-electron chi connectivity index (χ1n) is 7.03. The number of hydrogen-bond donors (Lipinski definition) is 1. The molecule has 2 unspecified atom stereocenters. The molecule has 0 spiro atoms. The Labute approximate surface area is 115 Å². The largest absolute Gasteiger partial charge is 0.469 e. The van der Waals surface area contributed by atoms with Crippen LogP contribution in [0.3, 0.4) is 0 Å². The summed E-state index contributed by atoms with van der Waals surface area (Å²) in [5.74, 6) is 0.224. The molecule has 1 aliphatic carbocycles. The standard InChI is InChI=1S/C14H25NO4/c1-10(2)9-19-14(17)15-8-11-6-4-5-7-12(11)13(16)18-3/h10-12H,4-9H2,1-3H3,(H,15,17). The lowest BCUT2D eigenvalue weighted by Crippen LogP contribution is -2.38. The Morgan fingerprint density at radius 1 is 1.26 bits per heavy atom. The van der Waals surface area contributed by atoms with Crippen LogP contribution in [0.15, 0.2) is 0 Å². The van der Waals surface area contributed by atoms with Crippen molar-refractivity contribution in [2.24, 2.45) is 17.8 Å². The van der Waals surface area contributed by atoms with Gasteiger partial charge >= 0.3 is 12.1 Å². The second kappa shape index (κ2) is 8.02. The number of nitrogens with one attached hydrogen (secondary N) is 1. The molecule has 0 aliphatic heterocycles. The molecule has 0 heterocycles. The fraction of sp³-hybridized carbons (Fsp3) is 0.857. The van der Waals surface area contributed by atoms with Crippen LogP contribution in [0.4, 0.5) is 4.79 Å². The molecule has 0 bridgehead atoms. The van der Waals surface area contributed by atoms with E-state index in [1.54, 1.807) is 0 Å². The van der Waals surface area contributed by atoms with E-state index in [9.17, 15) is 9.59 Å². The number of carbonyl (C=O) groups is 2. The molecule has 110 valence electrons. The van der Waals surface area contributed by atoms with E-state index in [0.717, 1.165) is 25.7 Å². The van der Waals surface area contributed by atoms with Gasteiger partial charge in [-0.05, 0) is 24.7 Å². The van der Waals surface area contributed by atoms with Crippen LogP contribution < -0.4 is 5.32 Å². The van der Waals surface area contributed by atoms with Gasteiger partial charge in [0, 0.05) is 6.54 Å². The van der Waals surface area contributed by atoms with Crippen molar-refractivity contribution in [1.29, 1.82) is 0 Å². The van der Waals surface area contributed by atoms with Crippen molar-refractivity contribution < 1.29 is 19.1 Å². The van der Waals surface area contributed by atoms with Crippen LogP contribution in [-0.2, 0) is 14.3 Å². The zero-order chi connectivity index (χ0) is 14.3. The SMILES string of the molecule is COC(=O)C1CCCCC1CNC(=O)OCC(C)C. The monoisotopic (exact) mass is 271 g/mol. The normalized spacial score (nSPS) is 22.9. The van der Waals surface area contributed by atoms with Crippen molar-refractivity contribution in [3.63, 3.8) is 0 Å². The lowest BCUT2D eigenvalue weighted by Gasteiger charge is -2.29. The molecule has 1 fully saturated rings. The maximum atomic E-state index is 11.7. The van der Waals surface area contributed by atoms with Gasteiger partial charge in [-0.25, -0.2) is 4.79 Å². The molecule has 0 aromatic rings. The van der Waals surface area contributed by atoms with E-state index in [1.807, 2.05) is 13.8 Å². The van der Waals surface area contributed by atoms with Gasteiger partial charge in [-0.1, -0.05) is 26.7 Å². The Balaban J connectivity index is 2.36. The molecule has 5 heteroatoms. The molecular formula is C14H25NO4. The topological polar surface area (TPSA) is 64.6 Å². The van der Waals surface area contributed by atoms with Crippen molar-refractivity contribution in [3.8, 4) is 0 Å². The van der Waals surface area contributed by atoms with Gasteiger partial charge in [0.05, 0.1) is 19.6 Å². The summed E-state index contributed by atoms with van der Waals surface area (Å²) in [5, 5.41) is 2.75. The molecule has 0 aromatic heterocycles. The summed E-state index contributed by atoms with van der Waals surface area (Å²) >= 11 is 0. The summed E-state index contributed by atoms with van der Waals surface area (Å²) in [4.78, 5) is 23.2. The highest BCUT2D eigenvalue weighted by Gasteiger charge is 2.31. The highest BCUT2D eigenvalue weighted by Crippen LogP contribution is 2.30. The van der Waals surface area contributed by atoms with E-state index in [-0.39, 0.29) is 17.8 Å². The third-order valence-electron chi connectivity index (χ3n) is 3.47. The first-order chi connectivity index (χ1) is 9.04. The molecule has 1 saturated carbocycles. The van der Waals surface area contributed by atoms with E-state index in [2.05, 4.69) is 5.32 Å². The van der Waals surface area contributed by atoms with Gasteiger partial charge in [-0.3, -0.25) is 4.79 Å². The van der Waals surface area contributed by atoms with E-state index in [1.165, 1.54) is 7.11 Å². The molecule has 0 radical (unpaired) electrons. The maximum absolute atomic E-state index is 11.7. The minimum absolute atomic E-state index is 0.0934. The van der Waals surface area contributed by atoms with E-state index < -0.39 is 6.09 Å². The van der Waals surface area contributed by atoms with Crippen molar-refractivity contribution >= 4 is 12.1 Å². The molecular weight excluding hydrogens is 246 g/mol. The molecule has 2 atom stereocenters. The van der Waals surface area contributed by atoms with Crippen molar-refractivity contribution in [2.75, 3.05) is 20.3 Å². The number of esters is 1. The van der Waals surface area contributed by atoms with E-state index in [4.69, 9.17) is 9.47 Å². The summed E-state index contributed by atoms with van der Waals surface area (Å²) < 4.78 is 9.87. The zero-order valence-electron chi connectivity index (χ0n) is 12.1. The molecule has 0 aromatic carbocycles. The first-order valence-corrected chi connectivity index (χ1v) is 7.03. The predicted octanol–water partition coefficient (Wildman–Crippen LogP) is 2.35. The van der Waals surface area contributed by atoms with Crippen LogP contribution in [0.25, 0.3) is 0 Å². The summed E-state index contributed by atoms with van der Waals surface area (Å²) in [5.41, 5.74) is 0. The smallest absolute Gasteiger partial charge is 0.407 e. The van der Waals surface area contributed by atoms with Crippen LogP contribution in [0.1, 0.15) is 39.5 Å². The van der Waals surface area contributed by atoms with Crippen LogP contribution >= 0.6 is 0 Å². The van der Waals surface area contributed by atoms with Crippen molar-refractivity contribution in [1.82, 2.24) is 5.32 Å². The Morgan fingerprint density at radius 3 is 2.58 bits per heavy atom. The molecule has 19 heavy (non-hydrogen) atoms. The highest BCUT2D eigenvalue weighted by atomic mass is 16.5. The van der Waals surface area contributed by atoms with Gasteiger partial charge in [0.2, 0.25) is 0 Å². The van der Waals surface area contributed by atoms with Crippen molar-refractivity contribution in [2.45, 2.75) is 39.5 Å². The van der Waals surface area contributed by atoms with Crippen LogP contribution in [-0.4, -0.2) is 32.3 Å². The Morgan fingerprint density at radius 2 is 1.95 bits per heavy atom. The number of alkyl carbamates (subject to hydrolysis) is 1. The minimum atomic E-state index is -0.400. The third-order valence-corrected chi connectivity index (χ3v) is 3.47. The van der Waals surface area contributed by atoms with Gasteiger partial charge < -0.3 is 14.8 Å². The summed E-state index contributed by atoms with van der Waals surface area (Å²) in [6.45, 7) is 4.87. The fourth-order valence-electron chi connectivity index (χ4n) is 2.42.